The van der Waals surface area contributed by atoms with Gasteiger partial charge in [0.25, 0.3) is 0 Å². The van der Waals surface area contributed by atoms with Crippen LogP contribution in [0.15, 0.2) is 36.5 Å². The minimum Gasteiger partial charge on any atom is -0.394 e. The molecule has 1 aliphatic heterocycles. The molecule has 91 heavy (non-hydrogen) atoms. The fraction of sp³-hybridized carbons (Fsp3) is 0.915. The molecule has 0 aromatic rings. The first-order valence-corrected chi connectivity index (χ1v) is 40.7. The van der Waals surface area contributed by atoms with Gasteiger partial charge in [-0.2, -0.15) is 0 Å². The van der Waals surface area contributed by atoms with Gasteiger partial charge >= 0.3 is 0 Å². The minimum absolute atomic E-state index is 0.133. The van der Waals surface area contributed by atoms with E-state index < -0.39 is 49.5 Å². The molecule has 1 amide bonds. The van der Waals surface area contributed by atoms with Crippen LogP contribution in [0.25, 0.3) is 0 Å². The van der Waals surface area contributed by atoms with Crippen molar-refractivity contribution in [2.45, 2.75) is 468 Å². The molecule has 0 spiro atoms. The van der Waals surface area contributed by atoms with Gasteiger partial charge in [0.05, 0.1) is 25.4 Å². The zero-order chi connectivity index (χ0) is 65.7. The van der Waals surface area contributed by atoms with Gasteiger partial charge < -0.3 is 40.3 Å². The molecule has 6 N–H and O–H groups in total. The van der Waals surface area contributed by atoms with E-state index in [0.29, 0.717) is 12.8 Å². The maximum Gasteiger partial charge on any atom is 0.220 e. The Morgan fingerprint density at radius 2 is 0.648 bits per heavy atom. The van der Waals surface area contributed by atoms with Gasteiger partial charge in [-0.3, -0.25) is 4.79 Å². The number of ether oxygens (including phenoxy) is 2. The Morgan fingerprint density at radius 1 is 0.374 bits per heavy atom. The van der Waals surface area contributed by atoms with Crippen molar-refractivity contribution in [3.63, 3.8) is 0 Å². The van der Waals surface area contributed by atoms with Crippen LogP contribution in [0, 0.1) is 0 Å². The summed E-state index contributed by atoms with van der Waals surface area (Å²) >= 11 is 0. The molecule has 0 saturated carbocycles. The Kier molecular flexibility index (Phi) is 68.4. The molecule has 0 aromatic heterocycles. The number of aliphatic hydroxyl groups excluding tert-OH is 5. The topological polar surface area (TPSA) is 149 Å². The fourth-order valence-electron chi connectivity index (χ4n) is 13.4. The van der Waals surface area contributed by atoms with Gasteiger partial charge in [-0.25, -0.2) is 0 Å². The summed E-state index contributed by atoms with van der Waals surface area (Å²) in [6, 6.07) is -0.720. The number of nitrogens with one attached hydrogen (secondary N) is 1. The van der Waals surface area contributed by atoms with E-state index in [2.05, 4.69) is 55.6 Å². The second-order valence-electron chi connectivity index (χ2n) is 28.6. The van der Waals surface area contributed by atoms with Crippen LogP contribution in [0.5, 0.6) is 0 Å². The number of carbonyl (C=O) groups is 1. The highest BCUT2D eigenvalue weighted by Crippen LogP contribution is 2.24. The number of rotatable bonds is 73. The van der Waals surface area contributed by atoms with Crippen molar-refractivity contribution < 1.29 is 39.8 Å². The van der Waals surface area contributed by atoms with Gasteiger partial charge in [-0.05, 0) is 51.4 Å². The van der Waals surface area contributed by atoms with Crippen molar-refractivity contribution in [3.8, 4) is 0 Å². The Balaban J connectivity index is 2.04. The summed E-state index contributed by atoms with van der Waals surface area (Å²) in [7, 11) is 0. The van der Waals surface area contributed by atoms with Crippen LogP contribution in [-0.2, 0) is 14.3 Å². The third-order valence-corrected chi connectivity index (χ3v) is 19.7. The molecule has 1 heterocycles. The maximum absolute atomic E-state index is 13.2. The molecule has 7 unspecified atom stereocenters. The lowest BCUT2D eigenvalue weighted by molar-refractivity contribution is -0.302. The van der Waals surface area contributed by atoms with E-state index in [1.165, 1.54) is 347 Å². The van der Waals surface area contributed by atoms with E-state index in [1.54, 1.807) is 0 Å². The van der Waals surface area contributed by atoms with Crippen LogP contribution < -0.4 is 5.32 Å². The highest BCUT2D eigenvalue weighted by Gasteiger charge is 2.44. The lowest BCUT2D eigenvalue weighted by atomic mass is 9.99. The number of carbonyl (C=O) groups excluding carboxylic acids is 1. The highest BCUT2D eigenvalue weighted by atomic mass is 16.7. The summed E-state index contributed by atoms with van der Waals surface area (Å²) in [5.41, 5.74) is 0. The summed E-state index contributed by atoms with van der Waals surface area (Å²) in [5.74, 6) is -0.134. The van der Waals surface area contributed by atoms with Gasteiger partial charge in [0.15, 0.2) is 6.29 Å². The first kappa shape index (κ1) is 87.4. The number of unbranched alkanes of at least 4 members (excludes halogenated alkanes) is 57. The number of amides is 1. The van der Waals surface area contributed by atoms with Crippen molar-refractivity contribution in [1.82, 2.24) is 5.32 Å². The predicted octanol–water partition coefficient (Wildman–Crippen LogP) is 23.3. The molecule has 9 heteroatoms. The first-order valence-electron chi connectivity index (χ1n) is 40.7. The molecule has 1 fully saturated rings. The molecular weight excluding hydrogens is 1130 g/mol. The second kappa shape index (κ2) is 71.2. The van der Waals surface area contributed by atoms with E-state index in [9.17, 15) is 30.3 Å². The van der Waals surface area contributed by atoms with Crippen molar-refractivity contribution >= 4 is 5.91 Å². The third kappa shape index (κ3) is 59.4. The van der Waals surface area contributed by atoms with Gasteiger partial charge in [0.1, 0.15) is 24.4 Å². The predicted molar refractivity (Wildman–Crippen MR) is 392 cm³/mol. The quantitative estimate of drug-likeness (QED) is 0.0261. The molecule has 0 radical (unpaired) electrons. The van der Waals surface area contributed by atoms with Crippen molar-refractivity contribution in [2.24, 2.45) is 0 Å². The third-order valence-electron chi connectivity index (χ3n) is 19.7. The summed E-state index contributed by atoms with van der Waals surface area (Å²) in [6.45, 7) is 3.89. The highest BCUT2D eigenvalue weighted by molar-refractivity contribution is 5.76. The van der Waals surface area contributed by atoms with Crippen LogP contribution in [-0.4, -0.2) is 87.5 Å². The zero-order valence-electron chi connectivity index (χ0n) is 60.6. The van der Waals surface area contributed by atoms with E-state index in [-0.39, 0.29) is 12.5 Å². The SMILES string of the molecule is CCCCCCC/C=C\C/C=C\C/C=C\CCCCCCCCCCCCCCCCCCCCCCCCC(=O)NC(COC1OC(CO)C(O)C(O)C1O)C(O)CCCCCCCCCCCCCCCCCCCCCCCCCCCCCCCCC. The van der Waals surface area contributed by atoms with Crippen LogP contribution in [0.2, 0.25) is 0 Å². The Morgan fingerprint density at radius 3 is 0.956 bits per heavy atom. The van der Waals surface area contributed by atoms with E-state index in [1.807, 2.05) is 0 Å². The minimum atomic E-state index is -1.55. The summed E-state index contributed by atoms with van der Waals surface area (Å²) in [4.78, 5) is 13.2. The Labute approximate surface area is 565 Å². The molecule has 0 aromatic carbocycles. The lowest BCUT2D eigenvalue weighted by Gasteiger charge is -2.40. The number of aliphatic hydroxyl groups is 5. The van der Waals surface area contributed by atoms with Gasteiger partial charge in [0, 0.05) is 6.42 Å². The summed E-state index contributed by atoms with van der Waals surface area (Å²) < 4.78 is 11.4. The molecule has 538 valence electrons. The Bertz CT molecular complexity index is 1540. The lowest BCUT2D eigenvalue weighted by Crippen LogP contribution is -2.60. The molecule has 1 saturated heterocycles. The summed E-state index contributed by atoms with van der Waals surface area (Å²) in [5, 5.41) is 55.1. The van der Waals surface area contributed by atoms with E-state index in [0.717, 1.165) is 51.4 Å². The van der Waals surface area contributed by atoms with Crippen molar-refractivity contribution in [1.29, 1.82) is 0 Å². The normalized spacial score (nSPS) is 17.8. The Hall–Kier alpha value is -1.59. The summed E-state index contributed by atoms with van der Waals surface area (Å²) in [6.07, 6.45) is 89.7. The average molecular weight is 1290 g/mol. The standard InChI is InChI=1S/C82H157NO8/c1-3-5-7-9-11-13-15-17-19-21-23-25-27-29-31-33-35-36-37-38-39-40-42-44-46-48-50-52-54-56-58-60-62-64-66-68-70-72-78(86)83-75(74-90-82-81(89)80(88)79(87)77(73-84)91-82)76(85)71-69-67-65-63-61-59-57-55-53-51-49-47-45-43-41-34-32-30-28-26-24-22-20-18-16-14-12-10-8-6-4-2/h15,17,21,23,27,29,75-77,79-82,84-85,87-89H,3-14,16,18-20,22,24-26,28,30-74H2,1-2H3,(H,83,86)/b17-15-,23-21-,29-27-. The van der Waals surface area contributed by atoms with Crippen LogP contribution >= 0.6 is 0 Å². The number of allylic oxidation sites excluding steroid dienone is 6. The fourth-order valence-corrected chi connectivity index (χ4v) is 13.4. The smallest absolute Gasteiger partial charge is 0.220 e. The second-order valence-corrected chi connectivity index (χ2v) is 28.6. The first-order chi connectivity index (χ1) is 44.8. The largest absolute Gasteiger partial charge is 0.394 e. The van der Waals surface area contributed by atoms with Gasteiger partial charge in [-0.1, -0.05) is 403 Å². The number of hydrogen-bond acceptors (Lipinski definition) is 8. The van der Waals surface area contributed by atoms with Gasteiger partial charge in [0.2, 0.25) is 5.91 Å². The number of hydrogen-bond donors (Lipinski definition) is 6. The van der Waals surface area contributed by atoms with Gasteiger partial charge in [-0.15, -0.1) is 0 Å². The molecule has 1 rings (SSSR count). The molecule has 0 aliphatic carbocycles. The molecule has 9 nitrogen and oxygen atoms in total. The average Bonchev–Trinajstić information content (AvgIpc) is 1.70. The van der Waals surface area contributed by atoms with Crippen LogP contribution in [0.3, 0.4) is 0 Å². The van der Waals surface area contributed by atoms with Crippen molar-refractivity contribution in [3.05, 3.63) is 36.5 Å². The van der Waals surface area contributed by atoms with Crippen molar-refractivity contribution in [2.75, 3.05) is 13.2 Å². The van der Waals surface area contributed by atoms with E-state index in [4.69, 9.17) is 9.47 Å². The molecular formula is C82H157NO8. The molecule has 0 bridgehead atoms. The van der Waals surface area contributed by atoms with Crippen LogP contribution in [0.1, 0.15) is 425 Å². The monoisotopic (exact) mass is 1280 g/mol. The van der Waals surface area contributed by atoms with E-state index >= 15 is 0 Å². The maximum atomic E-state index is 13.2. The van der Waals surface area contributed by atoms with Crippen LogP contribution in [0.4, 0.5) is 0 Å². The zero-order valence-corrected chi connectivity index (χ0v) is 60.6. The molecule has 7 atom stereocenters. The molecule has 1 aliphatic rings.